The summed E-state index contributed by atoms with van der Waals surface area (Å²) in [4.78, 5) is 13.3. The van der Waals surface area contributed by atoms with Gasteiger partial charge in [0.15, 0.2) is 12.6 Å². The van der Waals surface area contributed by atoms with E-state index < -0.39 is 86.8 Å². The van der Waals surface area contributed by atoms with Gasteiger partial charge in [-0.2, -0.15) is 0 Å². The van der Waals surface area contributed by atoms with E-state index in [9.17, 15) is 45.6 Å². The van der Waals surface area contributed by atoms with Crippen LogP contribution in [0.25, 0.3) is 0 Å². The molecule has 2 aliphatic heterocycles. The summed E-state index contributed by atoms with van der Waals surface area (Å²) in [7, 11) is 0. The first-order chi connectivity index (χ1) is 46.1. The Kier molecular flexibility index (Phi) is 57.8. The zero-order chi connectivity index (χ0) is 68.0. The van der Waals surface area contributed by atoms with Crippen LogP contribution in [0.1, 0.15) is 284 Å². The molecule has 0 spiro atoms. The molecule has 94 heavy (non-hydrogen) atoms. The molecule has 14 heteroatoms. The van der Waals surface area contributed by atoms with Gasteiger partial charge in [-0.1, -0.05) is 302 Å². The van der Waals surface area contributed by atoms with Gasteiger partial charge >= 0.3 is 0 Å². The molecule has 9 N–H and O–H groups in total. The predicted octanol–water partition coefficient (Wildman–Crippen LogP) is 16.5. The molecule has 2 saturated heterocycles. The molecule has 0 aromatic rings. The standard InChI is InChI=1S/C80H137NO13/c1-3-5-7-9-11-13-15-17-19-21-23-25-27-29-31-32-33-34-35-36-38-39-41-43-45-47-49-51-53-55-57-59-61-63-69(84)68(67-91-79-77(90)75(88)78(71(66-83)93-79)94-80-76(89)74(87)73(86)70(65-82)92-80)81-72(85)64-62-60-58-56-54-52-50-48-46-44-42-40-37-30-28-26-24-22-20-18-16-14-12-10-8-6-4-2/h6,8,12,14,18,20,24,26,30,37,42,44,48,50,53-56,61,63,68-71,73-80,82-84,86-90H,3-5,7,9-11,13,15-17,19,21-23,25,27-29,31-36,38-41,43,45-47,49,51-52,57-60,62,64-67H2,1-2H3,(H,81,85)/b8-6-,14-12-,20-18-,26-24-,37-30-,44-42-,50-48-,55-53+,56-54-,63-61+. The van der Waals surface area contributed by atoms with Crippen LogP contribution in [0.2, 0.25) is 0 Å². The Morgan fingerprint density at radius 1 is 0.394 bits per heavy atom. The molecule has 0 aromatic heterocycles. The lowest BCUT2D eigenvalue weighted by Gasteiger charge is -2.46. The van der Waals surface area contributed by atoms with Gasteiger partial charge in [-0.15, -0.1) is 0 Å². The van der Waals surface area contributed by atoms with Crippen molar-refractivity contribution in [3.8, 4) is 0 Å². The van der Waals surface area contributed by atoms with Crippen LogP contribution in [-0.2, 0) is 23.7 Å². The third-order valence-electron chi connectivity index (χ3n) is 17.6. The number of rotatable bonds is 61. The van der Waals surface area contributed by atoms with Gasteiger partial charge in [0.1, 0.15) is 48.8 Å². The van der Waals surface area contributed by atoms with Crippen LogP contribution >= 0.6 is 0 Å². The summed E-state index contributed by atoms with van der Waals surface area (Å²) in [6.45, 7) is 2.66. The number of ether oxygens (including phenoxy) is 4. The quantitative estimate of drug-likeness (QED) is 0.0204. The molecule has 0 bridgehead atoms. The summed E-state index contributed by atoms with van der Waals surface area (Å²) in [5.74, 6) is -0.294. The Morgan fingerprint density at radius 3 is 1.17 bits per heavy atom. The van der Waals surface area contributed by atoms with E-state index in [1.165, 1.54) is 173 Å². The fraction of sp³-hybridized carbons (Fsp3) is 0.738. The van der Waals surface area contributed by atoms with Crippen LogP contribution < -0.4 is 5.32 Å². The van der Waals surface area contributed by atoms with Crippen molar-refractivity contribution in [2.75, 3.05) is 19.8 Å². The molecule has 2 aliphatic rings. The zero-order valence-electron chi connectivity index (χ0n) is 58.9. The number of nitrogens with one attached hydrogen (secondary N) is 1. The maximum Gasteiger partial charge on any atom is 0.220 e. The number of unbranched alkanes of at least 4 members (excludes halogenated alkanes) is 30. The second-order valence-corrected chi connectivity index (χ2v) is 26.0. The lowest BCUT2D eigenvalue weighted by atomic mass is 9.97. The lowest BCUT2D eigenvalue weighted by Crippen LogP contribution is -2.65. The Morgan fingerprint density at radius 2 is 0.745 bits per heavy atom. The Bertz CT molecular complexity index is 2040. The van der Waals surface area contributed by atoms with Crippen LogP contribution in [0.5, 0.6) is 0 Å². The highest BCUT2D eigenvalue weighted by Gasteiger charge is 2.51. The van der Waals surface area contributed by atoms with Crippen LogP contribution in [0, 0.1) is 0 Å². The number of amides is 1. The van der Waals surface area contributed by atoms with Crippen molar-refractivity contribution < 1.29 is 64.6 Å². The molecule has 540 valence electrons. The van der Waals surface area contributed by atoms with Gasteiger partial charge in [0, 0.05) is 6.42 Å². The van der Waals surface area contributed by atoms with E-state index in [-0.39, 0.29) is 18.9 Å². The van der Waals surface area contributed by atoms with E-state index in [1.807, 2.05) is 6.08 Å². The number of hydrogen-bond donors (Lipinski definition) is 9. The largest absolute Gasteiger partial charge is 0.394 e. The highest BCUT2D eigenvalue weighted by atomic mass is 16.7. The molecule has 0 saturated carbocycles. The molecule has 2 heterocycles. The fourth-order valence-corrected chi connectivity index (χ4v) is 11.7. The Balaban J connectivity index is 1.69. The van der Waals surface area contributed by atoms with Crippen molar-refractivity contribution in [1.29, 1.82) is 0 Å². The minimum Gasteiger partial charge on any atom is -0.394 e. The van der Waals surface area contributed by atoms with Gasteiger partial charge in [-0.3, -0.25) is 4.79 Å². The molecule has 0 aliphatic carbocycles. The number of carbonyl (C=O) groups excluding carboxylic acids is 1. The number of aliphatic hydroxyl groups excluding tert-OH is 8. The van der Waals surface area contributed by atoms with Crippen LogP contribution in [0.3, 0.4) is 0 Å². The molecule has 14 nitrogen and oxygen atoms in total. The van der Waals surface area contributed by atoms with Crippen molar-refractivity contribution in [3.05, 3.63) is 122 Å². The Hall–Kier alpha value is -3.61. The van der Waals surface area contributed by atoms with Gasteiger partial charge in [-0.25, -0.2) is 0 Å². The first kappa shape index (κ1) is 86.5. The SMILES string of the molecule is CC/C=C\C/C=C\C/C=C\C/C=C\C/C=C\C/C=C\C/C=C\C/C=C\CCCCC(=O)NC(COC1OC(CO)C(OC2OC(CO)C(O)C(O)C2O)C(O)C1O)C(O)/C=C/CC/C=C/CCCCCCCCCCCCCCCCCCCCCCCCCCCCC. The maximum atomic E-state index is 13.3. The van der Waals surface area contributed by atoms with Crippen LogP contribution in [0.4, 0.5) is 0 Å². The van der Waals surface area contributed by atoms with E-state index >= 15 is 0 Å². The summed E-state index contributed by atoms with van der Waals surface area (Å²) in [5.41, 5.74) is 0. The van der Waals surface area contributed by atoms with Gasteiger partial charge < -0.3 is 65.1 Å². The second kappa shape index (κ2) is 62.9. The normalized spacial score (nSPS) is 23.2. The number of aliphatic hydroxyl groups is 8. The first-order valence-electron chi connectivity index (χ1n) is 37.8. The van der Waals surface area contributed by atoms with Crippen LogP contribution in [0.15, 0.2) is 122 Å². The number of hydrogen-bond acceptors (Lipinski definition) is 13. The summed E-state index contributed by atoms with van der Waals surface area (Å²) >= 11 is 0. The maximum absolute atomic E-state index is 13.3. The topological polar surface area (TPSA) is 228 Å². The smallest absolute Gasteiger partial charge is 0.220 e. The molecule has 0 radical (unpaired) electrons. The third-order valence-corrected chi connectivity index (χ3v) is 17.6. The zero-order valence-corrected chi connectivity index (χ0v) is 58.9. The second-order valence-electron chi connectivity index (χ2n) is 26.0. The van der Waals surface area contributed by atoms with E-state index in [1.54, 1.807) is 6.08 Å². The first-order valence-corrected chi connectivity index (χ1v) is 37.8. The van der Waals surface area contributed by atoms with Crippen molar-refractivity contribution in [1.82, 2.24) is 5.32 Å². The number of allylic oxidation sites excluding steroid dienone is 19. The fourth-order valence-electron chi connectivity index (χ4n) is 11.7. The summed E-state index contributed by atoms with van der Waals surface area (Å²) in [5, 5.41) is 87.5. The predicted molar refractivity (Wildman–Crippen MR) is 387 cm³/mol. The lowest BCUT2D eigenvalue weighted by molar-refractivity contribution is -0.359. The molecular formula is C80H137NO13. The molecule has 12 atom stereocenters. The molecular weight excluding hydrogens is 1180 g/mol. The minimum absolute atomic E-state index is 0.210. The van der Waals surface area contributed by atoms with E-state index in [2.05, 4.69) is 129 Å². The monoisotopic (exact) mass is 1320 g/mol. The van der Waals surface area contributed by atoms with Crippen molar-refractivity contribution >= 4 is 5.91 Å². The Labute approximate surface area is 571 Å². The van der Waals surface area contributed by atoms with E-state index in [0.29, 0.717) is 12.8 Å². The molecule has 2 fully saturated rings. The highest BCUT2D eigenvalue weighted by Crippen LogP contribution is 2.30. The number of carbonyl (C=O) groups is 1. The van der Waals surface area contributed by atoms with Crippen molar-refractivity contribution in [3.63, 3.8) is 0 Å². The van der Waals surface area contributed by atoms with E-state index in [4.69, 9.17) is 18.9 Å². The van der Waals surface area contributed by atoms with E-state index in [0.717, 1.165) is 77.0 Å². The van der Waals surface area contributed by atoms with Crippen molar-refractivity contribution in [2.45, 2.75) is 357 Å². The average molecular weight is 1320 g/mol. The summed E-state index contributed by atoms with van der Waals surface area (Å²) in [6.07, 6.45) is 75.6. The molecule has 12 unspecified atom stereocenters. The molecule has 1 amide bonds. The summed E-state index contributed by atoms with van der Waals surface area (Å²) in [6, 6.07) is -0.967. The summed E-state index contributed by atoms with van der Waals surface area (Å²) < 4.78 is 22.8. The highest BCUT2D eigenvalue weighted by molar-refractivity contribution is 5.76. The van der Waals surface area contributed by atoms with Gasteiger partial charge in [-0.05, 0) is 96.3 Å². The third kappa shape index (κ3) is 45.8. The molecule has 0 aromatic carbocycles. The average Bonchev–Trinajstić information content (AvgIpc) is 0.794. The minimum atomic E-state index is -1.80. The van der Waals surface area contributed by atoms with Gasteiger partial charge in [0.2, 0.25) is 5.91 Å². The van der Waals surface area contributed by atoms with Gasteiger partial charge in [0.05, 0.1) is 32.0 Å². The van der Waals surface area contributed by atoms with Crippen LogP contribution in [-0.4, -0.2) is 140 Å². The molecule has 2 rings (SSSR count). The van der Waals surface area contributed by atoms with Crippen molar-refractivity contribution in [2.24, 2.45) is 0 Å². The van der Waals surface area contributed by atoms with Gasteiger partial charge in [0.25, 0.3) is 0 Å².